The summed E-state index contributed by atoms with van der Waals surface area (Å²) in [6.07, 6.45) is 1.86. The number of benzene rings is 2. The average molecular weight is 378 g/mol. The van der Waals surface area contributed by atoms with E-state index in [1.807, 2.05) is 30.3 Å². The van der Waals surface area contributed by atoms with Gasteiger partial charge in [0.2, 0.25) is 17.7 Å². The number of hydrogen-bond acceptors (Lipinski definition) is 5. The molecular weight excluding hydrogens is 352 g/mol. The van der Waals surface area contributed by atoms with Crippen LogP contribution in [0.25, 0.3) is 10.8 Å². The molecule has 6 heteroatoms. The largest absolute Gasteiger partial charge is 0.425 e. The van der Waals surface area contributed by atoms with Crippen LogP contribution in [0, 0.1) is 0 Å². The van der Waals surface area contributed by atoms with Gasteiger partial charge in [0.25, 0.3) is 0 Å². The molecule has 1 aliphatic heterocycles. The molecule has 0 saturated carbocycles. The van der Waals surface area contributed by atoms with E-state index >= 15 is 0 Å². The second-order valence-electron chi connectivity index (χ2n) is 7.76. The number of carbonyl (C=O) groups is 1. The number of carbonyl (C=O) groups excluding carboxylic acids is 1. The quantitative estimate of drug-likeness (QED) is 0.722. The summed E-state index contributed by atoms with van der Waals surface area (Å²) in [5.74, 6) is 2.00. The fourth-order valence-electron chi connectivity index (χ4n) is 3.71. The molecule has 1 N–H and O–H groups in total. The van der Waals surface area contributed by atoms with Gasteiger partial charge >= 0.3 is 0 Å². The number of nitrogens with zero attached hydrogens (tertiary/aromatic N) is 3. The van der Waals surface area contributed by atoms with Crippen LogP contribution in [0.4, 0.5) is 5.69 Å². The van der Waals surface area contributed by atoms with E-state index in [-0.39, 0.29) is 17.7 Å². The third-order valence-corrected chi connectivity index (χ3v) is 5.32. The molecule has 1 aromatic heterocycles. The SMILES string of the molecule is CC(C)c1nnc(C2CCN(CC(=O)Nc3cccc4ccccc34)CC2)o1. The Balaban J connectivity index is 1.32. The fourth-order valence-corrected chi connectivity index (χ4v) is 3.71. The maximum Gasteiger partial charge on any atom is 0.238 e. The van der Waals surface area contributed by atoms with Crippen LogP contribution in [0.3, 0.4) is 0 Å². The molecule has 0 aliphatic carbocycles. The molecule has 0 bridgehead atoms. The maximum absolute atomic E-state index is 12.6. The van der Waals surface area contributed by atoms with Crippen LogP contribution in [-0.2, 0) is 4.79 Å². The first-order valence-electron chi connectivity index (χ1n) is 9.93. The van der Waals surface area contributed by atoms with Crippen molar-refractivity contribution in [3.63, 3.8) is 0 Å². The molecule has 28 heavy (non-hydrogen) atoms. The van der Waals surface area contributed by atoms with Crippen molar-refractivity contribution in [3.8, 4) is 0 Å². The number of aromatic nitrogens is 2. The first-order valence-corrected chi connectivity index (χ1v) is 9.93. The van der Waals surface area contributed by atoms with E-state index in [9.17, 15) is 4.79 Å². The van der Waals surface area contributed by atoms with Gasteiger partial charge in [-0.05, 0) is 37.4 Å². The van der Waals surface area contributed by atoms with E-state index in [0.717, 1.165) is 48.3 Å². The molecule has 2 heterocycles. The van der Waals surface area contributed by atoms with E-state index in [1.165, 1.54) is 0 Å². The van der Waals surface area contributed by atoms with Crippen LogP contribution in [0.15, 0.2) is 46.9 Å². The van der Waals surface area contributed by atoms with Crippen LogP contribution >= 0.6 is 0 Å². The Labute approximate surface area is 164 Å². The molecule has 0 radical (unpaired) electrons. The van der Waals surface area contributed by atoms with Gasteiger partial charge in [-0.2, -0.15) is 0 Å². The lowest BCUT2D eigenvalue weighted by atomic mass is 9.97. The van der Waals surface area contributed by atoms with Crippen molar-refractivity contribution in [1.82, 2.24) is 15.1 Å². The maximum atomic E-state index is 12.6. The number of hydrogen-bond donors (Lipinski definition) is 1. The minimum absolute atomic E-state index is 0.0229. The van der Waals surface area contributed by atoms with Gasteiger partial charge in [0.15, 0.2) is 0 Å². The van der Waals surface area contributed by atoms with Crippen LogP contribution < -0.4 is 5.32 Å². The van der Waals surface area contributed by atoms with E-state index < -0.39 is 0 Å². The number of rotatable bonds is 5. The summed E-state index contributed by atoms with van der Waals surface area (Å²) >= 11 is 0. The highest BCUT2D eigenvalue weighted by Crippen LogP contribution is 2.28. The summed E-state index contributed by atoms with van der Waals surface area (Å²) in [4.78, 5) is 14.8. The minimum atomic E-state index is 0.0229. The summed E-state index contributed by atoms with van der Waals surface area (Å²) in [5.41, 5.74) is 0.866. The molecule has 4 rings (SSSR count). The molecule has 146 valence electrons. The van der Waals surface area contributed by atoms with Crippen LogP contribution in [0.5, 0.6) is 0 Å². The van der Waals surface area contributed by atoms with E-state index in [2.05, 4.69) is 46.4 Å². The molecule has 1 amide bonds. The lowest BCUT2D eigenvalue weighted by Gasteiger charge is -2.29. The number of fused-ring (bicyclic) bond motifs is 1. The Morgan fingerprint density at radius 2 is 1.89 bits per heavy atom. The van der Waals surface area contributed by atoms with Crippen molar-refractivity contribution >= 4 is 22.4 Å². The summed E-state index contributed by atoms with van der Waals surface area (Å²) in [6.45, 7) is 6.21. The first-order chi connectivity index (χ1) is 13.6. The highest BCUT2D eigenvalue weighted by molar-refractivity contribution is 6.02. The van der Waals surface area contributed by atoms with Crippen molar-refractivity contribution in [2.24, 2.45) is 0 Å². The standard InChI is InChI=1S/C22H26N4O2/c1-15(2)21-24-25-22(28-21)17-10-12-26(13-11-17)14-20(27)23-19-9-5-7-16-6-3-4-8-18(16)19/h3-9,15,17H,10-14H2,1-2H3,(H,23,27). The van der Waals surface area contributed by atoms with Crippen molar-refractivity contribution in [2.45, 2.75) is 38.5 Å². The van der Waals surface area contributed by atoms with Crippen molar-refractivity contribution in [1.29, 1.82) is 0 Å². The fraction of sp³-hybridized carbons (Fsp3) is 0.409. The van der Waals surface area contributed by atoms with Gasteiger partial charge in [0.05, 0.1) is 6.54 Å². The number of anilines is 1. The van der Waals surface area contributed by atoms with Gasteiger partial charge in [0, 0.05) is 22.9 Å². The number of piperidine rings is 1. The minimum Gasteiger partial charge on any atom is -0.425 e. The molecular formula is C22H26N4O2. The van der Waals surface area contributed by atoms with Gasteiger partial charge < -0.3 is 9.73 Å². The Morgan fingerprint density at radius 3 is 2.64 bits per heavy atom. The van der Waals surface area contributed by atoms with Crippen LogP contribution in [0.1, 0.15) is 50.3 Å². The number of amides is 1. The Morgan fingerprint density at radius 1 is 1.14 bits per heavy atom. The predicted molar refractivity (Wildman–Crippen MR) is 109 cm³/mol. The molecule has 3 aromatic rings. The lowest BCUT2D eigenvalue weighted by Crippen LogP contribution is -2.38. The van der Waals surface area contributed by atoms with Gasteiger partial charge in [-0.25, -0.2) is 0 Å². The monoisotopic (exact) mass is 378 g/mol. The number of likely N-dealkylation sites (tertiary alicyclic amines) is 1. The van der Waals surface area contributed by atoms with Crippen LogP contribution in [0.2, 0.25) is 0 Å². The van der Waals surface area contributed by atoms with Gasteiger partial charge in [-0.3, -0.25) is 9.69 Å². The highest BCUT2D eigenvalue weighted by Gasteiger charge is 2.26. The summed E-state index contributed by atoms with van der Waals surface area (Å²) in [6, 6.07) is 14.1. The van der Waals surface area contributed by atoms with E-state index in [0.29, 0.717) is 12.4 Å². The van der Waals surface area contributed by atoms with Gasteiger partial charge in [-0.15, -0.1) is 10.2 Å². The molecule has 1 saturated heterocycles. The molecule has 2 aromatic carbocycles. The van der Waals surface area contributed by atoms with Gasteiger partial charge in [-0.1, -0.05) is 50.2 Å². The van der Waals surface area contributed by atoms with E-state index in [4.69, 9.17) is 4.42 Å². The second kappa shape index (κ2) is 8.10. The Bertz CT molecular complexity index is 953. The molecule has 0 unspecified atom stereocenters. The molecule has 0 spiro atoms. The normalized spacial score (nSPS) is 16.0. The first kappa shape index (κ1) is 18.6. The molecule has 1 fully saturated rings. The van der Waals surface area contributed by atoms with E-state index in [1.54, 1.807) is 0 Å². The summed E-state index contributed by atoms with van der Waals surface area (Å²) in [5, 5.41) is 13.6. The highest BCUT2D eigenvalue weighted by atomic mass is 16.4. The zero-order valence-corrected chi connectivity index (χ0v) is 16.4. The topological polar surface area (TPSA) is 71.3 Å². The average Bonchev–Trinajstić information content (AvgIpc) is 3.19. The Kier molecular flexibility index (Phi) is 5.39. The molecule has 6 nitrogen and oxygen atoms in total. The van der Waals surface area contributed by atoms with Crippen molar-refractivity contribution in [3.05, 3.63) is 54.2 Å². The van der Waals surface area contributed by atoms with Crippen molar-refractivity contribution in [2.75, 3.05) is 25.0 Å². The summed E-state index contributed by atoms with van der Waals surface area (Å²) in [7, 11) is 0. The molecule has 0 atom stereocenters. The summed E-state index contributed by atoms with van der Waals surface area (Å²) < 4.78 is 5.80. The lowest BCUT2D eigenvalue weighted by molar-refractivity contribution is -0.117. The predicted octanol–water partition coefficient (Wildman–Crippen LogP) is 4.16. The van der Waals surface area contributed by atoms with Crippen molar-refractivity contribution < 1.29 is 9.21 Å². The zero-order chi connectivity index (χ0) is 19.5. The second-order valence-corrected chi connectivity index (χ2v) is 7.76. The zero-order valence-electron chi connectivity index (χ0n) is 16.4. The number of nitrogens with one attached hydrogen (secondary N) is 1. The Hall–Kier alpha value is -2.73. The van der Waals surface area contributed by atoms with Crippen LogP contribution in [-0.4, -0.2) is 40.6 Å². The third-order valence-electron chi connectivity index (χ3n) is 5.32. The molecule has 1 aliphatic rings. The smallest absolute Gasteiger partial charge is 0.238 e. The van der Waals surface area contributed by atoms with Gasteiger partial charge in [0.1, 0.15) is 0 Å². The third kappa shape index (κ3) is 4.07.